The average molecular weight is 754 g/mol. The normalized spacial score (nSPS) is 11.5. The summed E-state index contributed by atoms with van der Waals surface area (Å²) >= 11 is 0. The van der Waals surface area contributed by atoms with Crippen LogP contribution in [0.25, 0.3) is 93.8 Å². The van der Waals surface area contributed by atoms with E-state index in [2.05, 4.69) is 218 Å². The number of hydrogen-bond acceptors (Lipinski definition) is 2. The molecule has 0 spiro atoms. The third kappa shape index (κ3) is 6.16. The Balaban J connectivity index is 1.06. The van der Waals surface area contributed by atoms with Crippen LogP contribution in [-0.2, 0) is 6.42 Å². The highest BCUT2D eigenvalue weighted by atomic mass is 15.0. The monoisotopic (exact) mass is 753 g/mol. The van der Waals surface area contributed by atoms with Crippen molar-refractivity contribution < 1.29 is 0 Å². The van der Waals surface area contributed by atoms with E-state index in [1.807, 2.05) is 0 Å². The fraction of sp³-hybridized carbons (Fsp3) is 0.0357. The maximum atomic E-state index is 5.41. The standard InChI is InChI=1S/C56H39N3/c1-37-15-8-9-20-46(37)47-32-31-42(48-23-14-26-53-55(48)50-22-11-13-25-52(50)59(53)45-18-6-3-7-19-45)35-44(47)36-54-57-51-24-12-10-21-49(51)56(58-54)43-30-29-40-33-39(27-28-41(40)34-43)38-16-4-2-5-17-38/h2-35H,36H2,1H3. The smallest absolute Gasteiger partial charge is 0.134 e. The van der Waals surface area contributed by atoms with Crippen LogP contribution >= 0.6 is 0 Å². The van der Waals surface area contributed by atoms with Crippen LogP contribution in [0.4, 0.5) is 0 Å². The predicted molar refractivity (Wildman–Crippen MR) is 247 cm³/mol. The molecule has 3 nitrogen and oxygen atoms in total. The molecule has 0 atom stereocenters. The van der Waals surface area contributed by atoms with Crippen LogP contribution in [0.2, 0.25) is 0 Å². The lowest BCUT2D eigenvalue weighted by Crippen LogP contribution is -2.02. The zero-order chi connectivity index (χ0) is 39.3. The number of aryl methyl sites for hydroxylation is 1. The molecule has 59 heavy (non-hydrogen) atoms. The molecular weight excluding hydrogens is 715 g/mol. The Labute approximate surface area is 343 Å². The van der Waals surface area contributed by atoms with E-state index >= 15 is 0 Å². The lowest BCUT2D eigenvalue weighted by Gasteiger charge is -2.16. The molecule has 0 saturated carbocycles. The summed E-state index contributed by atoms with van der Waals surface area (Å²) in [6.07, 6.45) is 0.575. The molecule has 0 saturated heterocycles. The minimum absolute atomic E-state index is 0.575. The third-order valence-electron chi connectivity index (χ3n) is 11.8. The Morgan fingerprint density at radius 1 is 0.424 bits per heavy atom. The second-order valence-corrected chi connectivity index (χ2v) is 15.4. The summed E-state index contributed by atoms with van der Waals surface area (Å²) in [7, 11) is 0. The van der Waals surface area contributed by atoms with Crippen molar-refractivity contribution in [1.82, 2.24) is 14.5 Å². The summed E-state index contributed by atoms with van der Waals surface area (Å²) < 4.78 is 2.39. The number of benzene rings is 9. The van der Waals surface area contributed by atoms with Gasteiger partial charge in [-0.2, -0.15) is 0 Å². The van der Waals surface area contributed by atoms with Crippen LogP contribution in [0.3, 0.4) is 0 Å². The number of fused-ring (bicyclic) bond motifs is 5. The SMILES string of the molecule is Cc1ccccc1-c1ccc(-c2cccc3c2c2ccccc2n3-c2ccccc2)cc1Cc1nc(-c2ccc3cc(-c4ccccc4)ccc3c2)c2ccccc2n1. The van der Waals surface area contributed by atoms with Gasteiger partial charge in [0, 0.05) is 33.8 Å². The Kier molecular flexibility index (Phi) is 8.45. The fourth-order valence-corrected chi connectivity index (χ4v) is 8.96. The molecule has 2 heterocycles. The van der Waals surface area contributed by atoms with Crippen LogP contribution in [0.1, 0.15) is 17.0 Å². The van der Waals surface area contributed by atoms with Gasteiger partial charge in [0.1, 0.15) is 5.82 Å². The molecule has 0 aliphatic rings. The van der Waals surface area contributed by atoms with E-state index in [1.54, 1.807) is 0 Å². The van der Waals surface area contributed by atoms with Gasteiger partial charge < -0.3 is 4.57 Å². The van der Waals surface area contributed by atoms with Crippen molar-refractivity contribution >= 4 is 43.5 Å². The van der Waals surface area contributed by atoms with Crippen LogP contribution in [-0.4, -0.2) is 14.5 Å². The molecule has 0 fully saturated rings. The number of hydrogen-bond donors (Lipinski definition) is 0. The van der Waals surface area contributed by atoms with Crippen molar-refractivity contribution in [3.63, 3.8) is 0 Å². The molecule has 0 N–H and O–H groups in total. The third-order valence-corrected chi connectivity index (χ3v) is 11.8. The molecule has 0 aliphatic carbocycles. The molecule has 11 aromatic rings. The van der Waals surface area contributed by atoms with Crippen LogP contribution < -0.4 is 0 Å². The second kappa shape index (κ2) is 14.4. The molecular formula is C56H39N3. The number of rotatable bonds is 7. The van der Waals surface area contributed by atoms with Crippen molar-refractivity contribution in [3.8, 4) is 50.3 Å². The second-order valence-electron chi connectivity index (χ2n) is 15.4. The van der Waals surface area contributed by atoms with E-state index < -0.39 is 0 Å². The molecule has 3 heteroatoms. The fourth-order valence-electron chi connectivity index (χ4n) is 8.96. The van der Waals surface area contributed by atoms with Gasteiger partial charge in [-0.05, 0) is 105 Å². The first-order chi connectivity index (χ1) is 29.2. The van der Waals surface area contributed by atoms with Crippen molar-refractivity contribution in [3.05, 3.63) is 223 Å². The van der Waals surface area contributed by atoms with E-state index in [0.717, 1.165) is 33.7 Å². The van der Waals surface area contributed by atoms with Crippen LogP contribution in [0, 0.1) is 6.92 Å². The highest BCUT2D eigenvalue weighted by molar-refractivity contribution is 6.15. The van der Waals surface area contributed by atoms with Gasteiger partial charge in [0.25, 0.3) is 0 Å². The molecule has 2 aromatic heterocycles. The lowest BCUT2D eigenvalue weighted by molar-refractivity contribution is 0.997. The zero-order valence-electron chi connectivity index (χ0n) is 32.7. The molecule has 11 rings (SSSR count). The Morgan fingerprint density at radius 2 is 1.07 bits per heavy atom. The Hall–Kier alpha value is -7.62. The van der Waals surface area contributed by atoms with E-state index in [4.69, 9.17) is 9.97 Å². The average Bonchev–Trinajstić information content (AvgIpc) is 3.64. The van der Waals surface area contributed by atoms with Gasteiger partial charge in [0.15, 0.2) is 0 Å². The topological polar surface area (TPSA) is 30.7 Å². The first-order valence-corrected chi connectivity index (χ1v) is 20.3. The minimum atomic E-state index is 0.575. The predicted octanol–water partition coefficient (Wildman–Crippen LogP) is 14.4. The van der Waals surface area contributed by atoms with Gasteiger partial charge in [-0.3, -0.25) is 0 Å². The van der Waals surface area contributed by atoms with Gasteiger partial charge >= 0.3 is 0 Å². The first-order valence-electron chi connectivity index (χ1n) is 20.3. The minimum Gasteiger partial charge on any atom is -0.309 e. The largest absolute Gasteiger partial charge is 0.309 e. The van der Waals surface area contributed by atoms with Gasteiger partial charge in [0.05, 0.1) is 22.2 Å². The van der Waals surface area contributed by atoms with Crippen molar-refractivity contribution in [1.29, 1.82) is 0 Å². The number of nitrogens with zero attached hydrogens (tertiary/aromatic N) is 3. The highest BCUT2D eigenvalue weighted by Crippen LogP contribution is 2.41. The van der Waals surface area contributed by atoms with Crippen molar-refractivity contribution in [2.24, 2.45) is 0 Å². The maximum absolute atomic E-state index is 5.41. The first kappa shape index (κ1) is 34.6. The van der Waals surface area contributed by atoms with Crippen LogP contribution in [0.5, 0.6) is 0 Å². The molecule has 0 amide bonds. The van der Waals surface area contributed by atoms with Crippen LogP contribution in [0.15, 0.2) is 206 Å². The molecule has 0 radical (unpaired) electrons. The van der Waals surface area contributed by atoms with E-state index in [9.17, 15) is 0 Å². The Bertz CT molecular complexity index is 3360. The summed E-state index contributed by atoms with van der Waals surface area (Å²) in [4.78, 5) is 10.6. The summed E-state index contributed by atoms with van der Waals surface area (Å²) in [5.41, 5.74) is 16.2. The number of aromatic nitrogens is 3. The molecule has 0 bridgehead atoms. The van der Waals surface area contributed by atoms with E-state index in [0.29, 0.717) is 6.42 Å². The molecule has 0 aliphatic heterocycles. The molecule has 9 aromatic carbocycles. The summed E-state index contributed by atoms with van der Waals surface area (Å²) in [6, 6.07) is 74.2. The van der Waals surface area contributed by atoms with E-state index in [-0.39, 0.29) is 0 Å². The zero-order valence-corrected chi connectivity index (χ0v) is 32.7. The summed E-state index contributed by atoms with van der Waals surface area (Å²) in [6.45, 7) is 2.19. The summed E-state index contributed by atoms with van der Waals surface area (Å²) in [5.74, 6) is 0.795. The van der Waals surface area contributed by atoms with Gasteiger partial charge in [-0.25, -0.2) is 9.97 Å². The van der Waals surface area contributed by atoms with Gasteiger partial charge in [0.2, 0.25) is 0 Å². The Morgan fingerprint density at radius 3 is 1.90 bits per heavy atom. The van der Waals surface area contributed by atoms with Gasteiger partial charge in [-0.15, -0.1) is 0 Å². The molecule has 278 valence electrons. The summed E-state index contributed by atoms with van der Waals surface area (Å²) in [5, 5.41) is 5.92. The number of para-hydroxylation sites is 3. The quantitative estimate of drug-likeness (QED) is 0.162. The van der Waals surface area contributed by atoms with Crippen molar-refractivity contribution in [2.45, 2.75) is 13.3 Å². The van der Waals surface area contributed by atoms with E-state index in [1.165, 1.54) is 77.1 Å². The lowest BCUT2D eigenvalue weighted by atomic mass is 9.90. The highest BCUT2D eigenvalue weighted by Gasteiger charge is 2.19. The maximum Gasteiger partial charge on any atom is 0.134 e. The van der Waals surface area contributed by atoms with Crippen molar-refractivity contribution in [2.75, 3.05) is 0 Å². The van der Waals surface area contributed by atoms with Gasteiger partial charge in [-0.1, -0.05) is 164 Å². The molecule has 0 unspecified atom stereocenters.